The first-order valence-electron chi connectivity index (χ1n) is 8.97. The normalized spacial score (nSPS) is 17.4. The molecule has 3 amide bonds. The second kappa shape index (κ2) is 8.32. The highest BCUT2D eigenvalue weighted by atomic mass is 32.1. The van der Waals surface area contributed by atoms with Crippen LogP contribution in [0.2, 0.25) is 0 Å². The van der Waals surface area contributed by atoms with E-state index in [0.29, 0.717) is 17.9 Å². The van der Waals surface area contributed by atoms with E-state index in [1.165, 1.54) is 40.5 Å². The molecule has 1 aromatic heterocycles. The largest absolute Gasteiger partial charge is 0.322 e. The Morgan fingerprint density at radius 3 is 2.72 bits per heavy atom. The number of carbonyl (C=O) groups is 2. The predicted octanol–water partition coefficient (Wildman–Crippen LogP) is 4.04. The Hall–Kier alpha value is -3.39. The molecule has 1 aliphatic carbocycles. The fourth-order valence-electron chi connectivity index (χ4n) is 2.99. The summed E-state index contributed by atoms with van der Waals surface area (Å²) >= 11 is 1.52. The van der Waals surface area contributed by atoms with E-state index in [0.717, 1.165) is 4.88 Å². The topological polar surface area (TPSA) is 74.1 Å². The van der Waals surface area contributed by atoms with Crippen molar-refractivity contribution in [2.24, 2.45) is 15.9 Å². The van der Waals surface area contributed by atoms with Gasteiger partial charge in [0.1, 0.15) is 11.7 Å². The lowest BCUT2D eigenvalue weighted by atomic mass is 9.96. The van der Waals surface area contributed by atoms with Crippen LogP contribution in [0.3, 0.4) is 0 Å². The highest BCUT2D eigenvalue weighted by molar-refractivity contribution is 7.09. The van der Waals surface area contributed by atoms with Gasteiger partial charge in [0.15, 0.2) is 5.84 Å². The standard InChI is InChI=1S/C21H17FN4O2S/c22-14-7-9-15(10-8-14)23-21(28)26(12-16-4-3-11-29-16)13-19-24-18-6-2-1-5-17(18)20(27)25-19/h1-11,17H,12-13H2,(H,23,28). The Morgan fingerprint density at radius 2 is 1.97 bits per heavy atom. The van der Waals surface area contributed by atoms with Gasteiger partial charge >= 0.3 is 6.03 Å². The number of nitrogens with one attached hydrogen (secondary N) is 1. The Bertz CT molecular complexity index is 1040. The number of nitrogens with zero attached hydrogens (tertiary/aromatic N) is 3. The third-order valence-corrected chi connectivity index (χ3v) is 5.27. The summed E-state index contributed by atoms with van der Waals surface area (Å²) in [5.74, 6) is -0.844. The number of rotatable bonds is 5. The summed E-state index contributed by atoms with van der Waals surface area (Å²) in [6.45, 7) is 0.409. The number of hydrogen-bond acceptors (Lipinski definition) is 4. The number of thiophene rings is 1. The Kier molecular flexibility index (Phi) is 5.44. The number of anilines is 1. The molecular weight excluding hydrogens is 391 g/mol. The number of carbonyl (C=O) groups excluding carboxylic acids is 2. The van der Waals surface area contributed by atoms with Gasteiger partial charge in [0.25, 0.3) is 5.91 Å². The first-order valence-corrected chi connectivity index (χ1v) is 9.85. The third-order valence-electron chi connectivity index (χ3n) is 4.41. The highest BCUT2D eigenvalue weighted by Gasteiger charge is 2.28. The maximum atomic E-state index is 13.1. The molecule has 1 aromatic carbocycles. The smallest absolute Gasteiger partial charge is 0.312 e. The van der Waals surface area contributed by atoms with Gasteiger partial charge in [-0.15, -0.1) is 11.3 Å². The van der Waals surface area contributed by atoms with E-state index < -0.39 is 5.92 Å². The first-order chi connectivity index (χ1) is 14.1. The fraction of sp³-hybridized carbons (Fsp3) is 0.143. The Balaban J connectivity index is 1.54. The maximum Gasteiger partial charge on any atom is 0.322 e. The van der Waals surface area contributed by atoms with E-state index >= 15 is 0 Å². The van der Waals surface area contributed by atoms with Crippen molar-refractivity contribution >= 4 is 40.5 Å². The Labute approximate surface area is 170 Å². The fourth-order valence-corrected chi connectivity index (χ4v) is 3.70. The second-order valence-electron chi connectivity index (χ2n) is 6.50. The third kappa shape index (κ3) is 4.55. The lowest BCUT2D eigenvalue weighted by Gasteiger charge is -2.24. The zero-order valence-corrected chi connectivity index (χ0v) is 16.1. The highest BCUT2D eigenvalue weighted by Crippen LogP contribution is 2.19. The van der Waals surface area contributed by atoms with E-state index in [-0.39, 0.29) is 30.1 Å². The van der Waals surface area contributed by atoms with Gasteiger partial charge in [0.2, 0.25) is 0 Å². The molecule has 1 N–H and O–H groups in total. The average Bonchev–Trinajstić information content (AvgIpc) is 3.22. The average molecular weight is 408 g/mol. The van der Waals surface area contributed by atoms with Crippen molar-refractivity contribution in [3.8, 4) is 0 Å². The summed E-state index contributed by atoms with van der Waals surface area (Å²) in [7, 11) is 0. The van der Waals surface area contributed by atoms with Gasteiger partial charge in [-0.05, 0) is 41.8 Å². The van der Waals surface area contributed by atoms with Crippen LogP contribution in [0.5, 0.6) is 0 Å². The molecule has 8 heteroatoms. The number of benzene rings is 1. The molecular formula is C21H17FN4O2S. The summed E-state index contributed by atoms with van der Waals surface area (Å²) in [4.78, 5) is 36.2. The van der Waals surface area contributed by atoms with Crippen LogP contribution >= 0.6 is 11.3 Å². The van der Waals surface area contributed by atoms with E-state index in [2.05, 4.69) is 15.3 Å². The molecule has 0 bridgehead atoms. The van der Waals surface area contributed by atoms with Crippen LogP contribution in [0.15, 0.2) is 76.1 Å². The summed E-state index contributed by atoms with van der Waals surface area (Å²) in [6, 6.07) is 8.97. The maximum absolute atomic E-state index is 13.1. The van der Waals surface area contributed by atoms with E-state index in [1.807, 2.05) is 23.6 Å². The minimum Gasteiger partial charge on any atom is -0.312 e. The van der Waals surface area contributed by atoms with Crippen LogP contribution in [-0.2, 0) is 11.3 Å². The predicted molar refractivity (Wildman–Crippen MR) is 112 cm³/mol. The molecule has 6 nitrogen and oxygen atoms in total. The quantitative estimate of drug-likeness (QED) is 0.811. The molecule has 29 heavy (non-hydrogen) atoms. The SMILES string of the molecule is O=C1N=C(CN(Cc2cccs2)C(=O)Nc2ccc(F)cc2)N=C2C=CC=CC12. The number of aliphatic imine (C=N–C) groups is 2. The van der Waals surface area contributed by atoms with Crippen LogP contribution < -0.4 is 5.32 Å². The minimum absolute atomic E-state index is 0.0739. The summed E-state index contributed by atoms with van der Waals surface area (Å²) in [5.41, 5.74) is 1.10. The number of halogens is 1. The van der Waals surface area contributed by atoms with E-state index in [4.69, 9.17) is 0 Å². The van der Waals surface area contributed by atoms with E-state index in [9.17, 15) is 14.0 Å². The van der Waals surface area contributed by atoms with Gasteiger partial charge < -0.3 is 10.2 Å². The molecule has 4 rings (SSSR count). The van der Waals surface area contributed by atoms with Gasteiger partial charge in [-0.2, -0.15) is 4.99 Å². The molecule has 0 fully saturated rings. The van der Waals surface area contributed by atoms with Gasteiger partial charge in [-0.3, -0.25) is 4.79 Å². The minimum atomic E-state index is -0.456. The van der Waals surface area contributed by atoms with Crippen molar-refractivity contribution < 1.29 is 14.0 Å². The van der Waals surface area contributed by atoms with Crippen molar-refractivity contribution in [3.63, 3.8) is 0 Å². The molecule has 0 saturated heterocycles. The lowest BCUT2D eigenvalue weighted by Crippen LogP contribution is -2.39. The molecule has 2 aromatic rings. The number of amides is 3. The molecule has 2 aliphatic rings. The van der Waals surface area contributed by atoms with Crippen molar-refractivity contribution in [1.82, 2.24) is 4.90 Å². The van der Waals surface area contributed by atoms with Crippen molar-refractivity contribution in [1.29, 1.82) is 0 Å². The van der Waals surface area contributed by atoms with Crippen LogP contribution in [0.25, 0.3) is 0 Å². The summed E-state index contributed by atoms with van der Waals surface area (Å²) < 4.78 is 13.1. The lowest BCUT2D eigenvalue weighted by molar-refractivity contribution is -0.118. The molecule has 0 radical (unpaired) electrons. The zero-order chi connectivity index (χ0) is 20.2. The molecule has 146 valence electrons. The molecule has 1 unspecified atom stereocenters. The zero-order valence-electron chi connectivity index (χ0n) is 15.3. The summed E-state index contributed by atoms with van der Waals surface area (Å²) in [6.07, 6.45) is 7.14. The molecule has 1 atom stereocenters. The van der Waals surface area contributed by atoms with Crippen molar-refractivity contribution in [3.05, 3.63) is 76.8 Å². The molecule has 0 saturated carbocycles. The van der Waals surface area contributed by atoms with E-state index in [1.54, 1.807) is 18.2 Å². The van der Waals surface area contributed by atoms with Gasteiger partial charge in [-0.1, -0.05) is 24.3 Å². The van der Waals surface area contributed by atoms with Crippen LogP contribution in [0.1, 0.15) is 4.88 Å². The number of allylic oxidation sites excluding steroid dienone is 3. The Morgan fingerprint density at radius 1 is 1.14 bits per heavy atom. The molecule has 2 heterocycles. The van der Waals surface area contributed by atoms with Crippen molar-refractivity contribution in [2.75, 3.05) is 11.9 Å². The van der Waals surface area contributed by atoms with Gasteiger partial charge in [0, 0.05) is 10.6 Å². The summed E-state index contributed by atoms with van der Waals surface area (Å²) in [5, 5.41) is 4.68. The molecule has 0 spiro atoms. The van der Waals surface area contributed by atoms with Crippen molar-refractivity contribution in [2.45, 2.75) is 6.54 Å². The molecule has 1 aliphatic heterocycles. The number of amidine groups is 1. The van der Waals surface area contributed by atoms with Crippen LogP contribution in [0, 0.1) is 11.7 Å². The van der Waals surface area contributed by atoms with Crippen LogP contribution in [-0.4, -0.2) is 34.9 Å². The van der Waals surface area contributed by atoms with Crippen LogP contribution in [0.4, 0.5) is 14.9 Å². The monoisotopic (exact) mass is 408 g/mol. The number of urea groups is 1. The second-order valence-corrected chi connectivity index (χ2v) is 7.53. The first kappa shape index (κ1) is 18.9. The number of hydrogen-bond donors (Lipinski definition) is 1. The van der Waals surface area contributed by atoms with Gasteiger partial charge in [0.05, 0.1) is 18.8 Å². The number of fused-ring (bicyclic) bond motifs is 1. The van der Waals surface area contributed by atoms with Gasteiger partial charge in [-0.25, -0.2) is 14.2 Å².